The van der Waals surface area contributed by atoms with E-state index in [0.29, 0.717) is 12.0 Å². The summed E-state index contributed by atoms with van der Waals surface area (Å²) in [7, 11) is 0. The molecule has 0 saturated heterocycles. The van der Waals surface area contributed by atoms with Gasteiger partial charge in [-0.15, -0.1) is 0 Å². The van der Waals surface area contributed by atoms with Gasteiger partial charge in [0.25, 0.3) is 0 Å². The number of hydrogen-bond acceptors (Lipinski definition) is 2. The smallest absolute Gasteiger partial charge is 0.0596 e. The number of hydrogen-bond donors (Lipinski definition) is 1. The Balaban J connectivity index is 2.67. The van der Waals surface area contributed by atoms with Gasteiger partial charge >= 0.3 is 0 Å². The van der Waals surface area contributed by atoms with E-state index in [0.717, 1.165) is 18.8 Å². The van der Waals surface area contributed by atoms with Gasteiger partial charge in [-0.05, 0) is 38.8 Å². The van der Waals surface area contributed by atoms with Gasteiger partial charge in [0, 0.05) is 11.7 Å². The average molecular weight is 237 g/mol. The number of rotatable bonds is 7. The van der Waals surface area contributed by atoms with Gasteiger partial charge in [0.1, 0.15) is 0 Å². The summed E-state index contributed by atoms with van der Waals surface area (Å²) >= 11 is 0. The minimum Gasteiger partial charge on any atom is -0.312 e. The summed E-state index contributed by atoms with van der Waals surface area (Å²) in [5.41, 5.74) is 2.37. The summed E-state index contributed by atoms with van der Waals surface area (Å²) in [6.45, 7) is 13.0. The van der Waals surface area contributed by atoms with Crippen molar-refractivity contribution in [3.8, 4) is 0 Å². The maximum Gasteiger partial charge on any atom is 0.0596 e. The Morgan fingerprint density at radius 2 is 2.06 bits per heavy atom. The van der Waals surface area contributed by atoms with Gasteiger partial charge < -0.3 is 5.32 Å². The van der Waals surface area contributed by atoms with Crippen molar-refractivity contribution in [2.75, 3.05) is 6.54 Å². The Kier molecular flexibility index (Phi) is 5.69. The predicted molar refractivity (Wildman–Crippen MR) is 73.2 cm³/mol. The first-order chi connectivity index (χ1) is 8.08. The van der Waals surface area contributed by atoms with Crippen molar-refractivity contribution in [1.29, 1.82) is 0 Å². The van der Waals surface area contributed by atoms with Gasteiger partial charge in [-0.1, -0.05) is 27.2 Å². The van der Waals surface area contributed by atoms with Crippen molar-refractivity contribution in [3.63, 3.8) is 0 Å². The van der Waals surface area contributed by atoms with Gasteiger partial charge in [-0.3, -0.25) is 4.68 Å². The van der Waals surface area contributed by atoms with E-state index in [-0.39, 0.29) is 0 Å². The molecule has 98 valence electrons. The van der Waals surface area contributed by atoms with Crippen LogP contribution in [0.5, 0.6) is 0 Å². The van der Waals surface area contributed by atoms with E-state index in [1.54, 1.807) is 0 Å². The first-order valence-corrected chi connectivity index (χ1v) is 6.82. The minimum atomic E-state index is 0.526. The van der Waals surface area contributed by atoms with E-state index in [2.05, 4.69) is 55.8 Å². The number of aryl methyl sites for hydroxylation is 2. The lowest BCUT2D eigenvalue weighted by Crippen LogP contribution is -2.39. The molecule has 1 heterocycles. The summed E-state index contributed by atoms with van der Waals surface area (Å²) in [5, 5.41) is 8.20. The van der Waals surface area contributed by atoms with Gasteiger partial charge in [-0.25, -0.2) is 0 Å². The van der Waals surface area contributed by atoms with Crippen molar-refractivity contribution in [2.45, 2.75) is 60.0 Å². The topological polar surface area (TPSA) is 29.9 Å². The third-order valence-electron chi connectivity index (χ3n) is 3.46. The maximum absolute atomic E-state index is 4.55. The molecule has 3 heteroatoms. The molecule has 3 nitrogen and oxygen atoms in total. The van der Waals surface area contributed by atoms with E-state index >= 15 is 0 Å². The molecule has 0 aliphatic heterocycles. The molecule has 2 unspecified atom stereocenters. The average Bonchev–Trinajstić information content (AvgIpc) is 2.62. The molecule has 0 radical (unpaired) electrons. The largest absolute Gasteiger partial charge is 0.312 e. The van der Waals surface area contributed by atoms with E-state index in [9.17, 15) is 0 Å². The van der Waals surface area contributed by atoms with Gasteiger partial charge in [0.05, 0.1) is 12.2 Å². The molecule has 0 spiro atoms. The molecule has 0 bridgehead atoms. The monoisotopic (exact) mass is 237 g/mol. The van der Waals surface area contributed by atoms with Crippen LogP contribution in [0.15, 0.2) is 6.07 Å². The summed E-state index contributed by atoms with van der Waals surface area (Å²) in [5.74, 6) is 0.686. The molecule has 2 atom stereocenters. The van der Waals surface area contributed by atoms with E-state index < -0.39 is 0 Å². The van der Waals surface area contributed by atoms with E-state index in [4.69, 9.17) is 0 Å². The lowest BCUT2D eigenvalue weighted by Gasteiger charge is -2.24. The van der Waals surface area contributed by atoms with Gasteiger partial charge in [0.2, 0.25) is 0 Å². The molecule has 1 aromatic heterocycles. The lowest BCUT2D eigenvalue weighted by molar-refractivity contribution is 0.316. The Hall–Kier alpha value is -0.830. The molecule has 17 heavy (non-hydrogen) atoms. The zero-order valence-electron chi connectivity index (χ0n) is 12.0. The zero-order valence-corrected chi connectivity index (χ0v) is 12.0. The second-order valence-corrected chi connectivity index (χ2v) is 5.06. The fourth-order valence-electron chi connectivity index (χ4n) is 2.11. The van der Waals surface area contributed by atoms with Crippen LogP contribution in [0.3, 0.4) is 0 Å². The fraction of sp³-hybridized carbons (Fsp3) is 0.786. The van der Waals surface area contributed by atoms with Crippen LogP contribution in [0.2, 0.25) is 0 Å². The maximum atomic E-state index is 4.55. The number of nitrogens with zero attached hydrogens (tertiary/aromatic N) is 2. The predicted octanol–water partition coefficient (Wildman–Crippen LogP) is 2.91. The van der Waals surface area contributed by atoms with Gasteiger partial charge in [0.15, 0.2) is 0 Å². The lowest BCUT2D eigenvalue weighted by atomic mass is 9.99. The van der Waals surface area contributed by atoms with Crippen LogP contribution in [0, 0.1) is 19.8 Å². The molecular weight excluding hydrogens is 210 g/mol. The summed E-state index contributed by atoms with van der Waals surface area (Å²) in [4.78, 5) is 0. The van der Waals surface area contributed by atoms with Crippen LogP contribution in [-0.4, -0.2) is 22.4 Å². The second kappa shape index (κ2) is 6.80. The summed E-state index contributed by atoms with van der Waals surface area (Å²) in [6, 6.07) is 2.67. The molecule has 0 saturated carbocycles. The second-order valence-electron chi connectivity index (χ2n) is 5.06. The Morgan fingerprint density at radius 3 is 2.53 bits per heavy atom. The van der Waals surface area contributed by atoms with Crippen molar-refractivity contribution in [3.05, 3.63) is 17.5 Å². The molecule has 0 aliphatic carbocycles. The quantitative estimate of drug-likeness (QED) is 0.790. The fourth-order valence-corrected chi connectivity index (χ4v) is 2.11. The van der Waals surface area contributed by atoms with Crippen LogP contribution in [0.25, 0.3) is 0 Å². The van der Waals surface area contributed by atoms with Gasteiger partial charge in [-0.2, -0.15) is 5.10 Å². The Bertz CT molecular complexity index is 330. The van der Waals surface area contributed by atoms with Crippen molar-refractivity contribution in [2.24, 2.45) is 5.92 Å². The molecular formula is C14H27N3. The molecule has 0 aliphatic rings. The first kappa shape index (κ1) is 14.2. The third kappa shape index (κ3) is 4.15. The van der Waals surface area contributed by atoms with Crippen LogP contribution in [-0.2, 0) is 6.54 Å². The molecule has 1 rings (SSSR count). The third-order valence-corrected chi connectivity index (χ3v) is 3.46. The van der Waals surface area contributed by atoms with Crippen molar-refractivity contribution in [1.82, 2.24) is 15.1 Å². The molecule has 0 fully saturated rings. The number of aromatic nitrogens is 2. The van der Waals surface area contributed by atoms with Crippen molar-refractivity contribution < 1.29 is 0 Å². The molecule has 0 amide bonds. The SMILES string of the molecule is CCCNC(Cn1nc(C)cc1C)C(C)CC. The standard InChI is InChI=1S/C14H27N3/c1-6-8-15-14(11(3)7-2)10-17-13(5)9-12(4)16-17/h9,11,14-15H,6-8,10H2,1-5H3. The first-order valence-electron chi connectivity index (χ1n) is 6.82. The number of nitrogens with one attached hydrogen (secondary N) is 1. The normalized spacial score (nSPS) is 14.9. The van der Waals surface area contributed by atoms with Crippen LogP contribution < -0.4 is 5.32 Å². The van der Waals surface area contributed by atoms with Crippen LogP contribution >= 0.6 is 0 Å². The molecule has 1 N–H and O–H groups in total. The highest BCUT2D eigenvalue weighted by Gasteiger charge is 2.16. The van der Waals surface area contributed by atoms with Crippen LogP contribution in [0.1, 0.15) is 45.0 Å². The Labute approximate surface area is 106 Å². The van der Waals surface area contributed by atoms with Crippen LogP contribution in [0.4, 0.5) is 0 Å². The highest BCUT2D eigenvalue weighted by Crippen LogP contribution is 2.12. The minimum absolute atomic E-state index is 0.526. The zero-order chi connectivity index (χ0) is 12.8. The highest BCUT2D eigenvalue weighted by molar-refractivity contribution is 5.06. The summed E-state index contributed by atoms with van der Waals surface area (Å²) < 4.78 is 2.13. The molecule has 0 aromatic carbocycles. The highest BCUT2D eigenvalue weighted by atomic mass is 15.3. The van der Waals surface area contributed by atoms with E-state index in [1.807, 2.05) is 0 Å². The van der Waals surface area contributed by atoms with Crippen molar-refractivity contribution >= 4 is 0 Å². The van der Waals surface area contributed by atoms with E-state index in [1.165, 1.54) is 18.5 Å². The summed E-state index contributed by atoms with van der Waals surface area (Å²) in [6.07, 6.45) is 2.39. The molecule has 1 aromatic rings. The Morgan fingerprint density at radius 1 is 1.35 bits per heavy atom.